The van der Waals surface area contributed by atoms with Gasteiger partial charge in [0, 0.05) is 40.6 Å². The first kappa shape index (κ1) is 25.4. The number of anilines is 2. The van der Waals surface area contributed by atoms with Crippen molar-refractivity contribution in [3.8, 4) is 16.8 Å². The van der Waals surface area contributed by atoms with Gasteiger partial charge in [-0.2, -0.15) is 0 Å². The number of rotatable bonds is 5. The smallest absolute Gasteiger partial charge is 0.0534 e. The molecule has 0 saturated carbocycles. The molecule has 1 heterocycles. The number of hydrogen-bond acceptors (Lipinski definition) is 1. The lowest BCUT2D eigenvalue weighted by Gasteiger charge is -2.25. The van der Waals surface area contributed by atoms with E-state index in [4.69, 9.17) is 0 Å². The summed E-state index contributed by atoms with van der Waals surface area (Å²) in [6.45, 7) is 12.5. The molecule has 0 amide bonds. The maximum atomic E-state index is 3.83. The van der Waals surface area contributed by atoms with Gasteiger partial charge in [0.2, 0.25) is 0 Å². The minimum atomic E-state index is -0.00251. The molecule has 0 unspecified atom stereocenters. The number of para-hydroxylation sites is 1. The van der Waals surface area contributed by atoms with Crippen LogP contribution in [-0.2, 0) is 5.41 Å². The molecule has 0 radical (unpaired) electrons. The molecule has 1 aliphatic rings. The average Bonchev–Trinajstić information content (AvgIpc) is 3.45. The van der Waals surface area contributed by atoms with Gasteiger partial charge in [0.1, 0.15) is 0 Å². The molecule has 0 spiro atoms. The first-order chi connectivity index (χ1) is 18.5. The molecule has 0 saturated heterocycles. The maximum absolute atomic E-state index is 3.83. The van der Waals surface area contributed by atoms with E-state index < -0.39 is 0 Å². The van der Waals surface area contributed by atoms with Gasteiger partial charge in [-0.15, -0.1) is 0 Å². The highest BCUT2D eigenvalue weighted by Crippen LogP contribution is 2.49. The summed E-state index contributed by atoms with van der Waals surface area (Å²) < 4.78 is 2.30. The number of benzene rings is 4. The van der Waals surface area contributed by atoms with Crippen LogP contribution in [0.1, 0.15) is 44.5 Å². The molecule has 2 heteroatoms. The van der Waals surface area contributed by atoms with E-state index in [0.29, 0.717) is 0 Å². The zero-order valence-corrected chi connectivity index (χ0v) is 23.1. The summed E-state index contributed by atoms with van der Waals surface area (Å²) in [5.74, 6) is 0. The van der Waals surface area contributed by atoms with E-state index in [1.54, 1.807) is 0 Å². The second kappa shape index (κ2) is 10.2. The van der Waals surface area contributed by atoms with Crippen LogP contribution in [0.4, 0.5) is 11.4 Å². The SMILES string of the molecule is C=C/C=C\c1cc2ccccc2n1-c1ccc(N(C)c2ccc3c(c2)C(C)(C)c2ccccc2-3)cc1.CC. The molecular formula is C36H36N2. The molecule has 38 heavy (non-hydrogen) atoms. The average molecular weight is 497 g/mol. The van der Waals surface area contributed by atoms with E-state index in [0.717, 1.165) is 17.1 Å². The molecule has 190 valence electrons. The second-order valence-electron chi connectivity index (χ2n) is 10.0. The third kappa shape index (κ3) is 4.16. The quantitative estimate of drug-likeness (QED) is 0.220. The Morgan fingerprint density at radius 1 is 0.737 bits per heavy atom. The Bertz CT molecular complexity index is 1630. The Balaban J connectivity index is 0.00000144. The molecule has 6 rings (SSSR count). The summed E-state index contributed by atoms with van der Waals surface area (Å²) in [4.78, 5) is 2.27. The van der Waals surface area contributed by atoms with Crippen molar-refractivity contribution in [2.45, 2.75) is 33.1 Å². The normalized spacial score (nSPS) is 13.1. The third-order valence-corrected chi connectivity index (χ3v) is 7.59. The van der Waals surface area contributed by atoms with Crippen molar-refractivity contribution < 1.29 is 0 Å². The van der Waals surface area contributed by atoms with E-state index in [1.807, 2.05) is 26.0 Å². The fraction of sp³-hybridized carbons (Fsp3) is 0.167. The minimum absolute atomic E-state index is 0.00251. The number of fused-ring (bicyclic) bond motifs is 4. The van der Waals surface area contributed by atoms with E-state index in [2.05, 4.69) is 140 Å². The summed E-state index contributed by atoms with van der Waals surface area (Å²) in [6.07, 6.45) is 5.91. The lowest BCUT2D eigenvalue weighted by molar-refractivity contribution is 0.660. The van der Waals surface area contributed by atoms with Crippen molar-refractivity contribution >= 4 is 28.4 Å². The van der Waals surface area contributed by atoms with Gasteiger partial charge in [0.25, 0.3) is 0 Å². The van der Waals surface area contributed by atoms with Crippen LogP contribution in [0.3, 0.4) is 0 Å². The summed E-state index contributed by atoms with van der Waals surface area (Å²) in [7, 11) is 2.15. The van der Waals surface area contributed by atoms with Crippen molar-refractivity contribution in [1.29, 1.82) is 0 Å². The second-order valence-corrected chi connectivity index (χ2v) is 10.0. The van der Waals surface area contributed by atoms with Crippen LogP contribution < -0.4 is 4.90 Å². The van der Waals surface area contributed by atoms with Gasteiger partial charge >= 0.3 is 0 Å². The fourth-order valence-corrected chi connectivity index (χ4v) is 5.63. The predicted molar refractivity (Wildman–Crippen MR) is 166 cm³/mol. The Morgan fingerprint density at radius 3 is 2.16 bits per heavy atom. The molecule has 0 fully saturated rings. The summed E-state index contributed by atoms with van der Waals surface area (Å²) >= 11 is 0. The molecule has 1 aliphatic carbocycles. The van der Waals surface area contributed by atoms with Gasteiger partial charge in [-0.1, -0.05) is 95.0 Å². The first-order valence-electron chi connectivity index (χ1n) is 13.5. The van der Waals surface area contributed by atoms with Gasteiger partial charge in [-0.05, 0) is 76.9 Å². The Kier molecular flexibility index (Phi) is 6.82. The molecule has 5 aromatic rings. The Labute approximate surface area is 227 Å². The summed E-state index contributed by atoms with van der Waals surface area (Å²) in [5, 5.41) is 1.23. The third-order valence-electron chi connectivity index (χ3n) is 7.59. The van der Waals surface area contributed by atoms with Crippen molar-refractivity contribution in [3.63, 3.8) is 0 Å². The van der Waals surface area contributed by atoms with Crippen LogP contribution in [0, 0.1) is 0 Å². The maximum Gasteiger partial charge on any atom is 0.0534 e. The number of aromatic nitrogens is 1. The van der Waals surface area contributed by atoms with Crippen LogP contribution in [0.15, 0.2) is 116 Å². The predicted octanol–water partition coefficient (Wildman–Crippen LogP) is 9.93. The van der Waals surface area contributed by atoms with Crippen LogP contribution in [-0.4, -0.2) is 11.6 Å². The molecular weight excluding hydrogens is 460 g/mol. The van der Waals surface area contributed by atoms with E-state index in [9.17, 15) is 0 Å². The highest BCUT2D eigenvalue weighted by molar-refractivity contribution is 5.86. The van der Waals surface area contributed by atoms with E-state index in [-0.39, 0.29) is 5.41 Å². The largest absolute Gasteiger partial charge is 0.345 e. The standard InChI is InChI=1S/C34H30N2.C2H6/c1-5-6-12-28-22-24-11-7-10-15-33(24)36(28)26-18-16-25(17-19-26)35(4)27-20-21-30-29-13-8-9-14-31(29)34(2,3)32(30)23-27;1-2/h5-23H,1H2,2-4H3;1-2H3/b12-6-;. The highest BCUT2D eigenvalue weighted by Gasteiger charge is 2.35. The van der Waals surface area contributed by atoms with Crippen LogP contribution in [0.5, 0.6) is 0 Å². The van der Waals surface area contributed by atoms with Crippen molar-refractivity contribution in [3.05, 3.63) is 133 Å². The van der Waals surface area contributed by atoms with Gasteiger partial charge < -0.3 is 9.47 Å². The van der Waals surface area contributed by atoms with Crippen molar-refractivity contribution in [1.82, 2.24) is 4.57 Å². The number of nitrogens with zero attached hydrogens (tertiary/aromatic N) is 2. The van der Waals surface area contributed by atoms with Gasteiger partial charge in [-0.3, -0.25) is 0 Å². The van der Waals surface area contributed by atoms with Crippen LogP contribution in [0.2, 0.25) is 0 Å². The Hall–Kier alpha value is -4.30. The molecule has 0 bridgehead atoms. The number of allylic oxidation sites excluding steroid dienone is 2. The fourth-order valence-electron chi connectivity index (χ4n) is 5.63. The zero-order valence-electron chi connectivity index (χ0n) is 23.1. The topological polar surface area (TPSA) is 8.17 Å². The molecule has 0 atom stereocenters. The van der Waals surface area contributed by atoms with Crippen LogP contribution >= 0.6 is 0 Å². The first-order valence-corrected chi connectivity index (χ1v) is 13.5. The monoisotopic (exact) mass is 496 g/mol. The van der Waals surface area contributed by atoms with Gasteiger partial charge in [0.15, 0.2) is 0 Å². The lowest BCUT2D eigenvalue weighted by Crippen LogP contribution is -2.16. The van der Waals surface area contributed by atoms with Crippen LogP contribution in [0.25, 0.3) is 33.8 Å². The van der Waals surface area contributed by atoms with Crippen molar-refractivity contribution in [2.75, 3.05) is 11.9 Å². The number of hydrogen-bond donors (Lipinski definition) is 0. The molecule has 2 nitrogen and oxygen atoms in total. The lowest BCUT2D eigenvalue weighted by atomic mass is 9.82. The molecule has 1 aromatic heterocycles. The highest BCUT2D eigenvalue weighted by atomic mass is 15.1. The van der Waals surface area contributed by atoms with Gasteiger partial charge in [-0.25, -0.2) is 0 Å². The Morgan fingerprint density at radius 2 is 1.39 bits per heavy atom. The van der Waals surface area contributed by atoms with Crippen molar-refractivity contribution in [2.24, 2.45) is 0 Å². The zero-order chi connectivity index (χ0) is 26.9. The summed E-state index contributed by atoms with van der Waals surface area (Å²) in [6, 6.07) is 35.2. The molecule has 0 aliphatic heterocycles. The molecule has 0 N–H and O–H groups in total. The van der Waals surface area contributed by atoms with E-state index >= 15 is 0 Å². The van der Waals surface area contributed by atoms with Gasteiger partial charge in [0.05, 0.1) is 5.52 Å². The molecule has 4 aromatic carbocycles. The van der Waals surface area contributed by atoms with E-state index in [1.165, 1.54) is 38.8 Å². The summed E-state index contributed by atoms with van der Waals surface area (Å²) in [5.41, 5.74) is 11.3. The minimum Gasteiger partial charge on any atom is -0.345 e.